The van der Waals surface area contributed by atoms with Crippen molar-refractivity contribution in [3.05, 3.63) is 17.7 Å². The summed E-state index contributed by atoms with van der Waals surface area (Å²) in [4.78, 5) is 25.4. The molecule has 1 amide bonds. The Morgan fingerprint density at radius 2 is 1.64 bits per heavy atom. The van der Waals surface area contributed by atoms with Crippen LogP contribution in [0.3, 0.4) is 0 Å². The number of aliphatic carboxylic acids is 1. The normalized spacial score (nSPS) is 21.8. The van der Waals surface area contributed by atoms with Crippen molar-refractivity contribution in [3.63, 3.8) is 0 Å². The van der Waals surface area contributed by atoms with E-state index in [-0.39, 0.29) is 5.91 Å². The Bertz CT molecular complexity index is 665. The van der Waals surface area contributed by atoms with Gasteiger partial charge in [-0.05, 0) is 31.5 Å². The van der Waals surface area contributed by atoms with Gasteiger partial charge >= 0.3 is 5.97 Å². The molecule has 1 saturated heterocycles. The first-order valence-corrected chi connectivity index (χ1v) is 8.55. The molecule has 1 fully saturated rings. The minimum Gasteiger partial charge on any atom is -0.493 e. The minimum absolute atomic E-state index is 0.302. The van der Waals surface area contributed by atoms with Crippen LogP contribution in [-0.4, -0.2) is 54.0 Å². The summed E-state index contributed by atoms with van der Waals surface area (Å²) in [6.45, 7) is 5.03. The van der Waals surface area contributed by atoms with E-state index in [1.54, 1.807) is 12.1 Å². The second-order valence-corrected chi connectivity index (χ2v) is 7.93. The van der Waals surface area contributed by atoms with E-state index in [0.717, 1.165) is 0 Å². The Hall–Kier alpha value is -2.09. The van der Waals surface area contributed by atoms with Crippen molar-refractivity contribution in [2.75, 3.05) is 21.3 Å². The van der Waals surface area contributed by atoms with Gasteiger partial charge in [-0.15, -0.1) is 11.8 Å². The molecular formula is C17H23NO6S. The number of carboxylic acid groups (broad SMARTS) is 1. The lowest BCUT2D eigenvalue weighted by Crippen LogP contribution is -2.48. The number of amides is 1. The topological polar surface area (TPSA) is 85.3 Å². The Morgan fingerprint density at radius 1 is 1.12 bits per heavy atom. The summed E-state index contributed by atoms with van der Waals surface area (Å²) in [6.07, 6.45) is 0. The first kappa shape index (κ1) is 19.2. The monoisotopic (exact) mass is 369 g/mol. The lowest BCUT2D eigenvalue weighted by Gasteiger charge is -2.29. The molecule has 1 N–H and O–H groups in total. The molecule has 1 aliphatic heterocycles. The van der Waals surface area contributed by atoms with Crippen LogP contribution >= 0.6 is 11.8 Å². The number of hydrogen-bond acceptors (Lipinski definition) is 6. The maximum absolute atomic E-state index is 12.2. The fraction of sp³-hybridized carbons (Fsp3) is 0.529. The van der Waals surface area contributed by atoms with E-state index in [2.05, 4.69) is 0 Å². The highest BCUT2D eigenvalue weighted by molar-refractivity contribution is 8.01. The van der Waals surface area contributed by atoms with Gasteiger partial charge in [-0.2, -0.15) is 0 Å². The van der Waals surface area contributed by atoms with E-state index < -0.39 is 22.1 Å². The van der Waals surface area contributed by atoms with Crippen molar-refractivity contribution in [3.8, 4) is 17.2 Å². The first-order valence-electron chi connectivity index (χ1n) is 7.67. The van der Waals surface area contributed by atoms with E-state index in [1.165, 1.54) is 44.9 Å². The van der Waals surface area contributed by atoms with Gasteiger partial charge in [0.1, 0.15) is 11.4 Å². The maximum Gasteiger partial charge on any atom is 0.327 e. The van der Waals surface area contributed by atoms with Gasteiger partial charge in [-0.1, -0.05) is 0 Å². The highest BCUT2D eigenvalue weighted by atomic mass is 32.2. The van der Waals surface area contributed by atoms with Crippen LogP contribution in [0.2, 0.25) is 0 Å². The number of carboxylic acids is 1. The van der Waals surface area contributed by atoms with Crippen molar-refractivity contribution in [2.24, 2.45) is 0 Å². The van der Waals surface area contributed by atoms with Crippen molar-refractivity contribution < 1.29 is 28.9 Å². The fourth-order valence-electron chi connectivity index (χ4n) is 3.12. The minimum atomic E-state index is -1.03. The largest absolute Gasteiger partial charge is 0.493 e. The summed E-state index contributed by atoms with van der Waals surface area (Å²) in [5.41, 5.74) is 0.714. The molecular weight excluding hydrogens is 346 g/mol. The zero-order valence-corrected chi connectivity index (χ0v) is 16.0. The Labute approximate surface area is 151 Å². The number of thioether (sulfide) groups is 1. The predicted octanol–water partition coefficient (Wildman–Crippen LogP) is 2.54. The molecule has 0 aliphatic carbocycles. The van der Waals surface area contributed by atoms with Crippen molar-refractivity contribution in [1.29, 1.82) is 0 Å². The average molecular weight is 369 g/mol. The molecule has 25 heavy (non-hydrogen) atoms. The van der Waals surface area contributed by atoms with Gasteiger partial charge in [0, 0.05) is 11.7 Å². The van der Waals surface area contributed by atoms with Crippen molar-refractivity contribution in [1.82, 2.24) is 4.90 Å². The standard InChI is InChI=1S/C17H23NO6S/c1-9(19)18-14(16(20)21)17(2,3)25-15(18)10-7-11(22-4)13(24-6)12(8-10)23-5/h7-8,14-15H,1-6H3,(H,20,21)/t14-,15+/m1/s1. The van der Waals surface area contributed by atoms with Gasteiger partial charge in [-0.25, -0.2) is 4.79 Å². The van der Waals surface area contributed by atoms with Gasteiger partial charge in [0.05, 0.1) is 21.3 Å². The molecule has 0 radical (unpaired) electrons. The summed E-state index contributed by atoms with van der Waals surface area (Å²) in [7, 11) is 4.53. The molecule has 0 spiro atoms. The third kappa shape index (κ3) is 3.35. The number of ether oxygens (including phenoxy) is 3. The van der Waals surface area contributed by atoms with Crippen LogP contribution in [0.4, 0.5) is 0 Å². The molecule has 0 aromatic heterocycles. The lowest BCUT2D eigenvalue weighted by molar-refractivity contribution is -0.150. The van der Waals surface area contributed by atoms with Gasteiger partial charge in [0.25, 0.3) is 0 Å². The van der Waals surface area contributed by atoms with Crippen LogP contribution in [0.1, 0.15) is 31.7 Å². The molecule has 2 atom stereocenters. The third-order valence-corrected chi connectivity index (χ3v) is 5.73. The second-order valence-electron chi connectivity index (χ2n) is 6.20. The van der Waals surface area contributed by atoms with Crippen molar-refractivity contribution >= 4 is 23.6 Å². The Kier molecular flexibility index (Phi) is 5.41. The molecule has 1 aromatic carbocycles. The van der Waals surface area contributed by atoms with E-state index in [1.807, 2.05) is 13.8 Å². The van der Waals surface area contributed by atoms with Crippen LogP contribution < -0.4 is 14.2 Å². The van der Waals surface area contributed by atoms with Crippen LogP contribution in [0, 0.1) is 0 Å². The van der Waals surface area contributed by atoms with Crippen molar-refractivity contribution in [2.45, 2.75) is 36.9 Å². The van der Waals surface area contributed by atoms with E-state index in [4.69, 9.17) is 14.2 Å². The zero-order chi connectivity index (χ0) is 18.9. The zero-order valence-electron chi connectivity index (χ0n) is 15.2. The number of hydrogen-bond donors (Lipinski definition) is 1. The molecule has 2 rings (SSSR count). The SMILES string of the molecule is COc1cc([C@@H]2SC(C)(C)[C@@H](C(=O)O)N2C(C)=O)cc(OC)c1OC. The molecule has 1 aliphatic rings. The molecule has 8 heteroatoms. The van der Waals surface area contributed by atoms with E-state index >= 15 is 0 Å². The van der Waals surface area contributed by atoms with E-state index in [0.29, 0.717) is 22.8 Å². The van der Waals surface area contributed by atoms with Gasteiger partial charge in [0.2, 0.25) is 11.7 Å². The molecule has 138 valence electrons. The van der Waals surface area contributed by atoms with Crippen LogP contribution in [0.25, 0.3) is 0 Å². The predicted molar refractivity (Wildman–Crippen MR) is 94.5 cm³/mol. The summed E-state index contributed by atoms with van der Waals surface area (Å²) in [5.74, 6) is 0.0297. The van der Waals surface area contributed by atoms with Gasteiger partial charge in [-0.3, -0.25) is 4.79 Å². The first-order chi connectivity index (χ1) is 11.7. The summed E-state index contributed by atoms with van der Waals surface area (Å²) in [6, 6.07) is 2.56. The number of benzene rings is 1. The third-order valence-electron chi connectivity index (χ3n) is 4.17. The number of carbonyl (C=O) groups excluding carboxylic acids is 1. The number of methoxy groups -OCH3 is 3. The second kappa shape index (κ2) is 7.03. The van der Waals surface area contributed by atoms with Crippen LogP contribution in [0.15, 0.2) is 12.1 Å². The average Bonchev–Trinajstić information content (AvgIpc) is 2.84. The molecule has 0 bridgehead atoms. The summed E-state index contributed by atoms with van der Waals surface area (Å²) >= 11 is 1.42. The summed E-state index contributed by atoms with van der Waals surface area (Å²) < 4.78 is 15.4. The number of nitrogens with zero attached hydrogens (tertiary/aromatic N) is 1. The Balaban J connectivity index is 2.60. The molecule has 1 aromatic rings. The fourth-order valence-corrected chi connectivity index (χ4v) is 4.69. The van der Waals surface area contributed by atoms with Crippen LogP contribution in [0.5, 0.6) is 17.2 Å². The molecule has 1 heterocycles. The summed E-state index contributed by atoms with van der Waals surface area (Å²) in [5, 5.41) is 9.17. The van der Waals surface area contributed by atoms with Gasteiger partial charge < -0.3 is 24.2 Å². The maximum atomic E-state index is 12.2. The quantitative estimate of drug-likeness (QED) is 0.853. The van der Waals surface area contributed by atoms with Crippen LogP contribution in [-0.2, 0) is 9.59 Å². The Morgan fingerprint density at radius 3 is 2.00 bits per heavy atom. The highest BCUT2D eigenvalue weighted by Crippen LogP contribution is 2.54. The van der Waals surface area contributed by atoms with E-state index in [9.17, 15) is 14.7 Å². The molecule has 0 saturated carbocycles. The van der Waals surface area contributed by atoms with Gasteiger partial charge in [0.15, 0.2) is 11.5 Å². The highest BCUT2D eigenvalue weighted by Gasteiger charge is 2.53. The lowest BCUT2D eigenvalue weighted by atomic mass is 10.0. The number of carbonyl (C=O) groups is 2. The molecule has 7 nitrogen and oxygen atoms in total. The molecule has 0 unspecified atom stereocenters. The number of rotatable bonds is 5. The smallest absolute Gasteiger partial charge is 0.327 e.